The third-order valence-corrected chi connectivity index (χ3v) is 2.68. The molecule has 0 aliphatic heterocycles. The van der Waals surface area contributed by atoms with E-state index in [-0.39, 0.29) is 5.92 Å². The maximum absolute atomic E-state index is 10.8. The molecule has 0 saturated heterocycles. The quantitative estimate of drug-likeness (QED) is 0.668. The van der Waals surface area contributed by atoms with Gasteiger partial charge in [-0.3, -0.25) is 9.69 Å². The zero-order valence-electron chi connectivity index (χ0n) is 10.2. The van der Waals surface area contributed by atoms with Crippen molar-refractivity contribution in [3.63, 3.8) is 0 Å². The van der Waals surface area contributed by atoms with Crippen molar-refractivity contribution in [1.29, 1.82) is 0 Å². The van der Waals surface area contributed by atoms with Gasteiger partial charge in [0.15, 0.2) is 0 Å². The highest BCUT2D eigenvalue weighted by Crippen LogP contribution is 2.08. The van der Waals surface area contributed by atoms with E-state index in [1.807, 2.05) is 6.92 Å². The van der Waals surface area contributed by atoms with Crippen molar-refractivity contribution < 1.29 is 14.6 Å². The molecule has 0 rings (SSSR count). The molecule has 2 unspecified atom stereocenters. The third kappa shape index (κ3) is 5.14. The summed E-state index contributed by atoms with van der Waals surface area (Å²) in [4.78, 5) is 12.9. The van der Waals surface area contributed by atoms with E-state index in [1.165, 1.54) is 0 Å². The number of aliphatic carboxylic acids is 1. The number of methoxy groups -OCH3 is 1. The lowest BCUT2D eigenvalue weighted by molar-refractivity contribution is -0.142. The first-order chi connectivity index (χ1) is 7.06. The van der Waals surface area contributed by atoms with Gasteiger partial charge in [0.2, 0.25) is 0 Å². The Morgan fingerprint density at radius 1 is 1.47 bits per heavy atom. The Kier molecular flexibility index (Phi) is 7.34. The van der Waals surface area contributed by atoms with E-state index in [0.29, 0.717) is 19.2 Å². The molecule has 0 amide bonds. The molecular weight excluding hydrogens is 194 g/mol. The number of nitrogens with zero attached hydrogens (tertiary/aromatic N) is 1. The highest BCUT2D eigenvalue weighted by molar-refractivity contribution is 5.69. The van der Waals surface area contributed by atoms with Crippen LogP contribution in [0.1, 0.15) is 27.2 Å². The molecule has 0 saturated carbocycles. The van der Waals surface area contributed by atoms with E-state index in [1.54, 1.807) is 14.0 Å². The average molecular weight is 217 g/mol. The molecule has 0 aliphatic carbocycles. The second-order valence-corrected chi connectivity index (χ2v) is 3.84. The van der Waals surface area contributed by atoms with Crippen LogP contribution in [0.15, 0.2) is 0 Å². The minimum absolute atomic E-state index is 0.321. The fourth-order valence-electron chi connectivity index (χ4n) is 1.64. The molecule has 4 heteroatoms. The van der Waals surface area contributed by atoms with Gasteiger partial charge in [0.05, 0.1) is 12.5 Å². The van der Waals surface area contributed by atoms with Gasteiger partial charge in [0.25, 0.3) is 0 Å². The van der Waals surface area contributed by atoms with Gasteiger partial charge in [0.1, 0.15) is 0 Å². The summed E-state index contributed by atoms with van der Waals surface area (Å²) in [5.41, 5.74) is 0. The van der Waals surface area contributed by atoms with Crippen molar-refractivity contribution in [2.24, 2.45) is 5.92 Å². The van der Waals surface area contributed by atoms with Crippen molar-refractivity contribution in [2.45, 2.75) is 33.2 Å². The number of rotatable bonds is 8. The van der Waals surface area contributed by atoms with E-state index in [2.05, 4.69) is 11.8 Å². The number of hydrogen-bond acceptors (Lipinski definition) is 3. The molecule has 0 aromatic carbocycles. The van der Waals surface area contributed by atoms with Crippen LogP contribution in [0.3, 0.4) is 0 Å². The first-order valence-electron chi connectivity index (χ1n) is 5.52. The lowest BCUT2D eigenvalue weighted by Crippen LogP contribution is -2.41. The predicted molar refractivity (Wildman–Crippen MR) is 60.0 cm³/mol. The van der Waals surface area contributed by atoms with Crippen LogP contribution in [0, 0.1) is 5.92 Å². The molecule has 0 radical (unpaired) electrons. The molecule has 0 fully saturated rings. The van der Waals surface area contributed by atoms with E-state index >= 15 is 0 Å². The maximum atomic E-state index is 10.8. The predicted octanol–water partition coefficient (Wildman–Crippen LogP) is 1.45. The zero-order chi connectivity index (χ0) is 11.8. The Labute approximate surface area is 92.2 Å². The van der Waals surface area contributed by atoms with E-state index < -0.39 is 5.97 Å². The average Bonchev–Trinajstić information content (AvgIpc) is 2.22. The molecular formula is C11H23NO3. The van der Waals surface area contributed by atoms with Crippen LogP contribution in [0.2, 0.25) is 0 Å². The highest BCUT2D eigenvalue weighted by atomic mass is 16.5. The van der Waals surface area contributed by atoms with Crippen molar-refractivity contribution in [3.05, 3.63) is 0 Å². The minimum Gasteiger partial charge on any atom is -0.481 e. The monoisotopic (exact) mass is 217 g/mol. The molecule has 1 N–H and O–H groups in total. The molecule has 4 nitrogen and oxygen atoms in total. The number of hydrogen-bond donors (Lipinski definition) is 1. The van der Waals surface area contributed by atoms with E-state index in [4.69, 9.17) is 9.84 Å². The van der Waals surface area contributed by atoms with Gasteiger partial charge in [-0.1, -0.05) is 20.8 Å². The van der Waals surface area contributed by atoms with Crippen LogP contribution in [0.25, 0.3) is 0 Å². The van der Waals surface area contributed by atoms with Crippen molar-refractivity contribution in [1.82, 2.24) is 4.90 Å². The Morgan fingerprint density at radius 2 is 2.07 bits per heavy atom. The normalized spacial score (nSPS) is 15.3. The Balaban J connectivity index is 4.25. The third-order valence-electron chi connectivity index (χ3n) is 2.68. The fourth-order valence-corrected chi connectivity index (χ4v) is 1.64. The van der Waals surface area contributed by atoms with Gasteiger partial charge >= 0.3 is 5.97 Å². The number of carboxylic acids is 1. The van der Waals surface area contributed by atoms with Gasteiger partial charge in [-0.05, 0) is 13.0 Å². The number of carboxylic acid groups (broad SMARTS) is 1. The van der Waals surface area contributed by atoms with Crippen LogP contribution in [0.4, 0.5) is 0 Å². The SMILES string of the molecule is CCC(COC)N(CC)CC(C)C(=O)O. The second kappa shape index (κ2) is 7.65. The first-order valence-corrected chi connectivity index (χ1v) is 5.52. The van der Waals surface area contributed by atoms with Gasteiger partial charge in [-0.15, -0.1) is 0 Å². The van der Waals surface area contributed by atoms with Gasteiger partial charge in [-0.2, -0.15) is 0 Å². The summed E-state index contributed by atoms with van der Waals surface area (Å²) in [5, 5.41) is 8.85. The van der Waals surface area contributed by atoms with E-state index in [9.17, 15) is 4.79 Å². The molecule has 2 atom stereocenters. The largest absolute Gasteiger partial charge is 0.481 e. The lowest BCUT2D eigenvalue weighted by Gasteiger charge is -2.30. The highest BCUT2D eigenvalue weighted by Gasteiger charge is 2.20. The van der Waals surface area contributed by atoms with Gasteiger partial charge < -0.3 is 9.84 Å². The topological polar surface area (TPSA) is 49.8 Å². The number of carbonyl (C=O) groups is 1. The minimum atomic E-state index is -0.735. The molecule has 0 spiro atoms. The summed E-state index contributed by atoms with van der Waals surface area (Å²) in [5.74, 6) is -1.06. The summed E-state index contributed by atoms with van der Waals surface area (Å²) < 4.78 is 5.13. The fraction of sp³-hybridized carbons (Fsp3) is 0.909. The van der Waals surface area contributed by atoms with Crippen molar-refractivity contribution in [3.8, 4) is 0 Å². The summed E-state index contributed by atoms with van der Waals surface area (Å²) in [6.07, 6.45) is 0.980. The van der Waals surface area contributed by atoms with Gasteiger partial charge in [0, 0.05) is 19.7 Å². The molecule has 15 heavy (non-hydrogen) atoms. The first kappa shape index (κ1) is 14.4. The molecule has 0 heterocycles. The molecule has 90 valence electrons. The van der Waals surface area contributed by atoms with Crippen LogP contribution in [-0.4, -0.2) is 48.8 Å². The molecule has 0 bridgehead atoms. The second-order valence-electron chi connectivity index (χ2n) is 3.84. The molecule has 0 aliphatic rings. The zero-order valence-corrected chi connectivity index (χ0v) is 10.2. The van der Waals surface area contributed by atoms with Crippen molar-refractivity contribution in [2.75, 3.05) is 26.8 Å². The van der Waals surface area contributed by atoms with Crippen LogP contribution in [-0.2, 0) is 9.53 Å². The number of likely N-dealkylation sites (N-methyl/N-ethyl adjacent to an activating group) is 1. The maximum Gasteiger partial charge on any atom is 0.307 e. The van der Waals surface area contributed by atoms with Crippen LogP contribution < -0.4 is 0 Å². The number of ether oxygens (including phenoxy) is 1. The summed E-state index contributed by atoms with van der Waals surface area (Å²) in [6, 6.07) is 0.321. The van der Waals surface area contributed by atoms with Crippen LogP contribution >= 0.6 is 0 Å². The Morgan fingerprint density at radius 3 is 2.40 bits per heavy atom. The van der Waals surface area contributed by atoms with Crippen LogP contribution in [0.5, 0.6) is 0 Å². The summed E-state index contributed by atoms with van der Waals surface area (Å²) >= 11 is 0. The summed E-state index contributed by atoms with van der Waals surface area (Å²) in [6.45, 7) is 8.00. The molecule has 0 aromatic rings. The summed E-state index contributed by atoms with van der Waals surface area (Å²) in [7, 11) is 1.68. The smallest absolute Gasteiger partial charge is 0.307 e. The lowest BCUT2D eigenvalue weighted by atomic mass is 10.1. The van der Waals surface area contributed by atoms with E-state index in [0.717, 1.165) is 13.0 Å². The Bertz CT molecular complexity index is 185. The standard InChI is InChI=1S/C11H23NO3/c1-5-10(8-15-4)12(6-2)7-9(3)11(13)14/h9-10H,5-8H2,1-4H3,(H,13,14). The Hall–Kier alpha value is -0.610. The van der Waals surface area contributed by atoms with Crippen molar-refractivity contribution >= 4 is 5.97 Å². The molecule has 0 aromatic heterocycles. The van der Waals surface area contributed by atoms with Gasteiger partial charge in [-0.25, -0.2) is 0 Å².